The quantitative estimate of drug-likeness (QED) is 0.718. The van der Waals surface area contributed by atoms with E-state index in [0.29, 0.717) is 18.5 Å². The maximum Gasteiger partial charge on any atom is 0.238 e. The van der Waals surface area contributed by atoms with Gasteiger partial charge >= 0.3 is 0 Å². The van der Waals surface area contributed by atoms with Crippen LogP contribution in [-0.4, -0.2) is 34.1 Å². The molecule has 6 nitrogen and oxygen atoms in total. The van der Waals surface area contributed by atoms with Crippen molar-refractivity contribution >= 4 is 16.9 Å². The van der Waals surface area contributed by atoms with Gasteiger partial charge in [-0.2, -0.15) is 0 Å². The van der Waals surface area contributed by atoms with Gasteiger partial charge in [-0.15, -0.1) is 0 Å². The Balaban J connectivity index is 1.28. The molecular weight excluding hydrogens is 326 g/mol. The second-order valence-corrected chi connectivity index (χ2v) is 7.65. The average Bonchev–Trinajstić information content (AvgIpc) is 3.11. The molecule has 140 valence electrons. The number of hydrogen-bond acceptors (Lipinski definition) is 4. The van der Waals surface area contributed by atoms with Gasteiger partial charge in [-0.3, -0.25) is 10.2 Å². The number of amides is 1. The number of carbonyl (C=O) groups excluding carboxylic acids is 1. The van der Waals surface area contributed by atoms with Crippen LogP contribution in [-0.2, 0) is 18.3 Å². The largest absolute Gasteiger partial charge is 0.355 e. The lowest BCUT2D eigenvalue weighted by atomic mass is 9.90. The third kappa shape index (κ3) is 3.48. The first kappa shape index (κ1) is 17.5. The van der Waals surface area contributed by atoms with Crippen molar-refractivity contribution in [2.45, 2.75) is 57.0 Å². The van der Waals surface area contributed by atoms with Crippen LogP contribution in [0.25, 0.3) is 11.0 Å². The molecule has 1 aromatic carbocycles. The number of nitrogens with zero attached hydrogens (tertiary/aromatic N) is 2. The van der Waals surface area contributed by atoms with E-state index in [1.165, 1.54) is 25.7 Å². The summed E-state index contributed by atoms with van der Waals surface area (Å²) in [7, 11) is 2.06. The Labute approximate surface area is 154 Å². The summed E-state index contributed by atoms with van der Waals surface area (Å²) in [4.78, 5) is 17.3. The first-order chi connectivity index (χ1) is 12.7. The number of imidazole rings is 1. The van der Waals surface area contributed by atoms with Crippen LogP contribution in [0.3, 0.4) is 0 Å². The van der Waals surface area contributed by atoms with Crippen molar-refractivity contribution in [3.8, 4) is 0 Å². The molecule has 3 N–H and O–H groups in total. The summed E-state index contributed by atoms with van der Waals surface area (Å²) in [6.45, 7) is 0.692. The van der Waals surface area contributed by atoms with Crippen LogP contribution >= 0.6 is 0 Å². The first-order valence-electron chi connectivity index (χ1n) is 9.93. The molecule has 0 radical (unpaired) electrons. The van der Waals surface area contributed by atoms with Gasteiger partial charge in [0.05, 0.1) is 11.0 Å². The Kier molecular flexibility index (Phi) is 5.22. The molecule has 3 unspecified atom stereocenters. The molecule has 2 fully saturated rings. The Morgan fingerprint density at radius 3 is 2.96 bits per heavy atom. The van der Waals surface area contributed by atoms with E-state index in [4.69, 9.17) is 4.98 Å². The predicted molar refractivity (Wildman–Crippen MR) is 102 cm³/mol. The Morgan fingerprint density at radius 2 is 2.08 bits per heavy atom. The maximum atomic E-state index is 12.6. The van der Waals surface area contributed by atoms with Crippen LogP contribution in [0.5, 0.6) is 0 Å². The molecule has 4 rings (SSSR count). The van der Waals surface area contributed by atoms with Crippen molar-refractivity contribution in [1.29, 1.82) is 0 Å². The summed E-state index contributed by atoms with van der Waals surface area (Å²) in [5.41, 5.74) is 8.77. The lowest BCUT2D eigenvalue weighted by Gasteiger charge is -2.20. The van der Waals surface area contributed by atoms with Crippen molar-refractivity contribution in [2.75, 3.05) is 6.54 Å². The predicted octanol–water partition coefficient (Wildman–Crippen LogP) is 2.05. The van der Waals surface area contributed by atoms with Crippen LogP contribution in [0.15, 0.2) is 24.3 Å². The van der Waals surface area contributed by atoms with Crippen molar-refractivity contribution in [3.63, 3.8) is 0 Å². The number of rotatable bonds is 5. The molecule has 6 heteroatoms. The highest BCUT2D eigenvalue weighted by Crippen LogP contribution is 2.29. The number of fused-ring (bicyclic) bond motifs is 2. The zero-order chi connectivity index (χ0) is 17.9. The molecule has 1 saturated heterocycles. The van der Waals surface area contributed by atoms with Gasteiger partial charge in [-0.1, -0.05) is 31.4 Å². The lowest BCUT2D eigenvalue weighted by Crippen LogP contribution is -2.46. The van der Waals surface area contributed by atoms with Crippen LogP contribution in [0.2, 0.25) is 0 Å². The Morgan fingerprint density at radius 1 is 1.23 bits per heavy atom. The molecule has 1 amide bonds. The Bertz CT molecular complexity index is 771. The van der Waals surface area contributed by atoms with Crippen molar-refractivity contribution in [2.24, 2.45) is 13.0 Å². The normalized spacial score (nSPS) is 25.8. The standard InChI is InChI=1S/C20H29N5O/c1-25-17-11-6-5-10-16(17)22-18(25)12-7-13-21-20(26)19-14-8-3-2-4-9-15(14)23-24-19/h5-6,10-11,14-15,19,23-24H,2-4,7-9,12-13H2,1H3,(H,21,26). The minimum Gasteiger partial charge on any atom is -0.355 e. The van der Waals surface area contributed by atoms with Gasteiger partial charge in [0.1, 0.15) is 11.9 Å². The van der Waals surface area contributed by atoms with E-state index in [-0.39, 0.29) is 11.9 Å². The van der Waals surface area contributed by atoms with Crippen molar-refractivity contribution < 1.29 is 4.79 Å². The molecule has 1 saturated carbocycles. The number of hydrogen-bond donors (Lipinski definition) is 3. The Hall–Kier alpha value is -1.92. The fourth-order valence-electron chi connectivity index (χ4n) is 4.47. The van der Waals surface area contributed by atoms with Crippen LogP contribution in [0, 0.1) is 5.92 Å². The molecule has 26 heavy (non-hydrogen) atoms. The van der Waals surface area contributed by atoms with Crippen LogP contribution in [0.4, 0.5) is 0 Å². The van der Waals surface area contributed by atoms with Gasteiger partial charge in [0.2, 0.25) is 5.91 Å². The molecule has 2 aliphatic rings. The second-order valence-electron chi connectivity index (χ2n) is 7.65. The van der Waals surface area contributed by atoms with E-state index in [1.807, 2.05) is 18.2 Å². The number of nitrogens with one attached hydrogen (secondary N) is 3. The van der Waals surface area contributed by atoms with E-state index in [1.54, 1.807) is 0 Å². The zero-order valence-electron chi connectivity index (χ0n) is 15.5. The first-order valence-corrected chi connectivity index (χ1v) is 9.93. The topological polar surface area (TPSA) is 71.0 Å². The third-order valence-electron chi connectivity index (χ3n) is 5.96. The van der Waals surface area contributed by atoms with E-state index >= 15 is 0 Å². The van der Waals surface area contributed by atoms with Gasteiger partial charge in [0.15, 0.2) is 0 Å². The summed E-state index contributed by atoms with van der Waals surface area (Å²) in [6, 6.07) is 8.56. The molecule has 1 aliphatic carbocycles. The van der Waals surface area contributed by atoms with Gasteiger partial charge in [-0.05, 0) is 31.4 Å². The summed E-state index contributed by atoms with van der Waals surface area (Å²) in [6.07, 6.45) is 7.88. The number of para-hydroxylation sites is 2. The number of benzene rings is 1. The van der Waals surface area contributed by atoms with Crippen molar-refractivity contribution in [3.05, 3.63) is 30.1 Å². The smallest absolute Gasteiger partial charge is 0.238 e. The molecule has 0 bridgehead atoms. The molecular formula is C20H29N5O. The molecule has 1 aliphatic heterocycles. The van der Waals surface area contributed by atoms with Crippen LogP contribution < -0.4 is 16.2 Å². The fourth-order valence-corrected chi connectivity index (χ4v) is 4.47. The van der Waals surface area contributed by atoms with E-state index < -0.39 is 0 Å². The molecule has 2 aromatic rings. The number of aryl methyl sites for hydroxylation is 2. The highest BCUT2D eigenvalue weighted by atomic mass is 16.2. The second kappa shape index (κ2) is 7.76. The maximum absolute atomic E-state index is 12.6. The SMILES string of the molecule is Cn1c(CCCNC(=O)C2NNC3CCCCCC32)nc2ccccc21. The average molecular weight is 355 g/mol. The minimum absolute atomic E-state index is 0.0890. The third-order valence-corrected chi connectivity index (χ3v) is 5.96. The highest BCUT2D eigenvalue weighted by molar-refractivity contribution is 5.82. The van der Waals surface area contributed by atoms with Crippen LogP contribution in [0.1, 0.15) is 44.3 Å². The number of carbonyl (C=O) groups is 1. The summed E-state index contributed by atoms with van der Waals surface area (Å²) >= 11 is 0. The lowest BCUT2D eigenvalue weighted by molar-refractivity contribution is -0.123. The van der Waals surface area contributed by atoms with E-state index in [0.717, 1.165) is 36.1 Å². The zero-order valence-corrected chi connectivity index (χ0v) is 15.5. The van der Waals surface area contributed by atoms with E-state index in [2.05, 4.69) is 33.8 Å². The summed E-state index contributed by atoms with van der Waals surface area (Å²) in [5, 5.41) is 3.12. The monoisotopic (exact) mass is 355 g/mol. The molecule has 3 atom stereocenters. The molecule has 1 aromatic heterocycles. The van der Waals surface area contributed by atoms with Gasteiger partial charge in [-0.25, -0.2) is 10.4 Å². The van der Waals surface area contributed by atoms with Gasteiger partial charge < -0.3 is 9.88 Å². The highest BCUT2D eigenvalue weighted by Gasteiger charge is 2.39. The number of hydrazine groups is 1. The molecule has 0 spiro atoms. The summed E-state index contributed by atoms with van der Waals surface area (Å²) in [5.74, 6) is 1.64. The minimum atomic E-state index is -0.0890. The fraction of sp³-hybridized carbons (Fsp3) is 0.600. The molecule has 2 heterocycles. The van der Waals surface area contributed by atoms with E-state index in [9.17, 15) is 4.79 Å². The van der Waals surface area contributed by atoms with Crippen molar-refractivity contribution in [1.82, 2.24) is 25.7 Å². The van der Waals surface area contributed by atoms with Gasteiger partial charge in [0, 0.05) is 32.0 Å². The van der Waals surface area contributed by atoms with Gasteiger partial charge in [0.25, 0.3) is 0 Å². The summed E-state index contributed by atoms with van der Waals surface area (Å²) < 4.78 is 2.15. The number of aromatic nitrogens is 2.